The highest BCUT2D eigenvalue weighted by Gasteiger charge is 2.23. The normalized spacial score (nSPS) is 11.9. The van der Waals surface area contributed by atoms with Crippen LogP contribution in [0, 0.1) is 22.7 Å². The van der Waals surface area contributed by atoms with Crippen molar-refractivity contribution >= 4 is 70.6 Å². The van der Waals surface area contributed by atoms with Crippen LogP contribution in [0.15, 0.2) is 109 Å². The number of rotatable bonds is 2. The average Bonchev–Trinajstić information content (AvgIpc) is 3.78. The fourth-order valence-corrected chi connectivity index (χ4v) is 7.71. The maximum Gasteiger partial charge on any atom is 0.108 e. The molecule has 4 heterocycles. The molecule has 5 aromatic carbocycles. The molecule has 0 N–H and O–H groups in total. The molecule has 4 nitrogen and oxygen atoms in total. The lowest BCUT2D eigenvalue weighted by Crippen LogP contribution is -2.01. The molecule has 5 heteroatoms. The van der Waals surface area contributed by atoms with Gasteiger partial charge in [0.2, 0.25) is 0 Å². The minimum Gasteiger partial charge on any atom is -0.308 e. The molecule has 0 aliphatic rings. The van der Waals surface area contributed by atoms with E-state index in [1.165, 1.54) is 32.0 Å². The Morgan fingerprint density at radius 3 is 1.80 bits per heavy atom. The maximum absolute atomic E-state index is 10.5. The van der Waals surface area contributed by atoms with Gasteiger partial charge in [-0.1, -0.05) is 60.7 Å². The van der Waals surface area contributed by atoms with Gasteiger partial charge in [-0.25, -0.2) is 0 Å². The third-order valence-electron chi connectivity index (χ3n) is 8.45. The van der Waals surface area contributed by atoms with Crippen LogP contribution < -0.4 is 0 Å². The lowest BCUT2D eigenvalue weighted by atomic mass is 9.93. The molecule has 0 saturated heterocycles. The van der Waals surface area contributed by atoms with Crippen molar-refractivity contribution in [3.8, 4) is 29.0 Å². The lowest BCUT2D eigenvalue weighted by Gasteiger charge is -2.14. The summed E-state index contributed by atoms with van der Waals surface area (Å²) >= 11 is 1.74. The van der Waals surface area contributed by atoms with Gasteiger partial charge in [0.15, 0.2) is 0 Å². The van der Waals surface area contributed by atoms with Gasteiger partial charge in [0.25, 0.3) is 0 Å². The molecule has 0 atom stereocenters. The lowest BCUT2D eigenvalue weighted by molar-refractivity contribution is 1.16. The van der Waals surface area contributed by atoms with Crippen LogP contribution in [-0.4, -0.2) is 8.97 Å². The zero-order chi connectivity index (χ0) is 27.2. The molecule has 41 heavy (non-hydrogen) atoms. The van der Waals surface area contributed by atoms with Crippen LogP contribution >= 0.6 is 11.3 Å². The van der Waals surface area contributed by atoms with Crippen molar-refractivity contribution in [3.05, 3.63) is 120 Å². The summed E-state index contributed by atoms with van der Waals surface area (Å²) in [5.41, 5.74) is 7.61. The second-order valence-electron chi connectivity index (χ2n) is 10.4. The Bertz CT molecular complexity index is 2560. The van der Waals surface area contributed by atoms with Gasteiger partial charge < -0.3 is 4.57 Å². The molecule has 0 aliphatic carbocycles. The Kier molecular flexibility index (Phi) is 4.31. The van der Waals surface area contributed by atoms with Crippen molar-refractivity contribution in [2.24, 2.45) is 0 Å². The number of fused-ring (bicyclic) bond motifs is 9. The summed E-state index contributed by atoms with van der Waals surface area (Å²) in [5, 5.41) is 30.1. The van der Waals surface area contributed by atoms with Crippen molar-refractivity contribution < 1.29 is 0 Å². The topological polar surface area (TPSA) is 56.9 Å². The molecular weight excluding hydrogens is 520 g/mol. The first-order chi connectivity index (χ1) is 20.3. The van der Waals surface area contributed by atoms with E-state index >= 15 is 0 Å². The number of benzene rings is 5. The predicted octanol–water partition coefficient (Wildman–Crippen LogP) is 9.41. The molecule has 0 unspecified atom stereocenters. The zero-order valence-corrected chi connectivity index (χ0v) is 22.4. The third-order valence-corrected chi connectivity index (χ3v) is 9.34. The molecule has 0 amide bonds. The van der Waals surface area contributed by atoms with Crippen LogP contribution in [0.5, 0.6) is 0 Å². The highest BCUT2D eigenvalue weighted by atomic mass is 32.1. The van der Waals surface area contributed by atoms with E-state index in [4.69, 9.17) is 0 Å². The highest BCUT2D eigenvalue weighted by molar-refractivity contribution is 7.17. The molecule has 0 bridgehead atoms. The summed E-state index contributed by atoms with van der Waals surface area (Å²) < 4.78 is 4.48. The molecule has 9 aromatic rings. The van der Waals surface area contributed by atoms with Gasteiger partial charge in [-0.3, -0.25) is 4.40 Å². The number of hydrogen-bond acceptors (Lipinski definition) is 3. The molecular formula is C36H18N4S. The SMILES string of the molecule is N#Cc1c(-c2cc3c4ccccc4n4c5sccc5c(c2)c34)ccc(-n2c3ccccc3c3ccccc32)c1C#N. The molecule has 0 fully saturated rings. The van der Waals surface area contributed by atoms with Crippen molar-refractivity contribution in [2.75, 3.05) is 0 Å². The summed E-state index contributed by atoms with van der Waals surface area (Å²) in [6, 6.07) is 40.3. The molecule has 0 saturated carbocycles. The molecule has 0 radical (unpaired) electrons. The molecule has 0 aliphatic heterocycles. The fourth-order valence-electron chi connectivity index (χ4n) is 6.78. The number of nitrogens with zero attached hydrogens (tertiary/aromatic N) is 4. The van der Waals surface area contributed by atoms with Crippen molar-refractivity contribution in [2.45, 2.75) is 0 Å². The minimum atomic E-state index is 0.381. The van der Waals surface area contributed by atoms with E-state index in [-0.39, 0.29) is 0 Å². The molecule has 4 aromatic heterocycles. The minimum absolute atomic E-state index is 0.381. The van der Waals surface area contributed by atoms with Crippen molar-refractivity contribution in [3.63, 3.8) is 0 Å². The van der Waals surface area contributed by atoms with Gasteiger partial charge in [0.1, 0.15) is 17.0 Å². The second-order valence-corrected chi connectivity index (χ2v) is 11.3. The molecule has 188 valence electrons. The van der Waals surface area contributed by atoms with E-state index in [0.29, 0.717) is 16.8 Å². The van der Waals surface area contributed by atoms with Crippen LogP contribution in [0.25, 0.3) is 76.0 Å². The highest BCUT2D eigenvalue weighted by Crippen LogP contribution is 2.44. The van der Waals surface area contributed by atoms with Gasteiger partial charge in [-0.15, -0.1) is 11.3 Å². The van der Waals surface area contributed by atoms with Crippen LogP contribution in [0.1, 0.15) is 11.1 Å². The third kappa shape index (κ3) is 2.76. The van der Waals surface area contributed by atoms with Crippen LogP contribution in [0.2, 0.25) is 0 Å². The van der Waals surface area contributed by atoms with Crippen LogP contribution in [0.4, 0.5) is 0 Å². The molecule has 0 spiro atoms. The van der Waals surface area contributed by atoms with E-state index in [2.05, 4.69) is 93.2 Å². The molecule has 9 rings (SSSR count). The van der Waals surface area contributed by atoms with Gasteiger partial charge in [0.05, 0.1) is 38.9 Å². The first kappa shape index (κ1) is 22.2. The summed E-state index contributed by atoms with van der Waals surface area (Å²) in [5.74, 6) is 0. The van der Waals surface area contributed by atoms with Crippen molar-refractivity contribution in [1.82, 2.24) is 8.97 Å². The predicted molar refractivity (Wildman–Crippen MR) is 168 cm³/mol. The van der Waals surface area contributed by atoms with Crippen molar-refractivity contribution in [1.29, 1.82) is 10.5 Å². The van der Waals surface area contributed by atoms with E-state index in [0.717, 1.165) is 38.3 Å². The van der Waals surface area contributed by atoms with E-state index in [9.17, 15) is 10.5 Å². The average molecular weight is 539 g/mol. The largest absolute Gasteiger partial charge is 0.308 e. The van der Waals surface area contributed by atoms with Gasteiger partial charge >= 0.3 is 0 Å². The second kappa shape index (κ2) is 7.96. The maximum atomic E-state index is 10.5. The summed E-state index contributed by atoms with van der Waals surface area (Å²) in [6.45, 7) is 0. The van der Waals surface area contributed by atoms with Gasteiger partial charge in [-0.05, 0) is 53.4 Å². The monoisotopic (exact) mass is 538 g/mol. The summed E-state index contributed by atoms with van der Waals surface area (Å²) in [4.78, 5) is 1.23. The van der Waals surface area contributed by atoms with E-state index in [1.807, 2.05) is 36.4 Å². The van der Waals surface area contributed by atoms with E-state index < -0.39 is 0 Å². The Hall–Kier alpha value is -5.62. The number of para-hydroxylation sites is 3. The smallest absolute Gasteiger partial charge is 0.108 e. The number of nitriles is 2. The van der Waals surface area contributed by atoms with Gasteiger partial charge in [-0.2, -0.15) is 10.5 Å². The Balaban J connectivity index is 1.37. The first-order valence-electron chi connectivity index (χ1n) is 13.4. The zero-order valence-electron chi connectivity index (χ0n) is 21.6. The standard InChI is InChI=1S/C36H18N4S/c37-19-29-22(13-14-34(30(29)20-38)39-31-10-4-1-7-23(31)24-8-2-5-11-32(24)39)21-17-27-25-9-3-6-12-33(25)40-35(27)28(18-21)26-15-16-41-36(26)40/h1-18H. The quantitative estimate of drug-likeness (QED) is 0.220. The Morgan fingerprint density at radius 1 is 0.561 bits per heavy atom. The summed E-state index contributed by atoms with van der Waals surface area (Å²) in [6.07, 6.45) is 0. The first-order valence-corrected chi connectivity index (χ1v) is 14.3. The Labute approximate surface area is 238 Å². The van der Waals surface area contributed by atoms with E-state index in [1.54, 1.807) is 11.3 Å². The fraction of sp³-hybridized carbons (Fsp3) is 0. The van der Waals surface area contributed by atoms with Gasteiger partial charge in [0, 0.05) is 37.9 Å². The number of aromatic nitrogens is 2. The van der Waals surface area contributed by atoms with Crippen LogP contribution in [0.3, 0.4) is 0 Å². The van der Waals surface area contributed by atoms with Crippen LogP contribution in [-0.2, 0) is 0 Å². The number of thiophene rings is 1. The Morgan fingerprint density at radius 2 is 1.15 bits per heavy atom. The number of hydrogen-bond donors (Lipinski definition) is 0. The summed E-state index contributed by atoms with van der Waals surface area (Å²) in [7, 11) is 0.